The van der Waals surface area contributed by atoms with Gasteiger partial charge in [0, 0.05) is 42.8 Å². The summed E-state index contributed by atoms with van der Waals surface area (Å²) in [5.41, 5.74) is 1.81. The predicted molar refractivity (Wildman–Crippen MR) is 176 cm³/mol. The van der Waals surface area contributed by atoms with E-state index in [1.165, 1.54) is 34.0 Å². The molecule has 0 saturated heterocycles. The van der Waals surface area contributed by atoms with Crippen LogP contribution in [-0.2, 0) is 32.5 Å². The van der Waals surface area contributed by atoms with E-state index in [1.807, 2.05) is 18.2 Å². The molecule has 0 unspecified atom stereocenters. The summed E-state index contributed by atoms with van der Waals surface area (Å²) in [7, 11) is -6.25. The van der Waals surface area contributed by atoms with E-state index in [0.29, 0.717) is 65.7 Å². The lowest BCUT2D eigenvalue weighted by Gasteiger charge is -2.05. The summed E-state index contributed by atoms with van der Waals surface area (Å²) < 4.78 is 52.6. The number of pyridine rings is 2. The minimum atomic E-state index is -3.13. The van der Waals surface area contributed by atoms with Gasteiger partial charge in [-0.25, -0.2) is 26.8 Å². The number of thiophene rings is 3. The third-order valence-corrected chi connectivity index (χ3v) is 14.9. The monoisotopic (exact) mass is 670 g/mol. The maximum absolute atomic E-state index is 14.0. The zero-order valence-corrected chi connectivity index (χ0v) is 26.9. The number of fused-ring (bicyclic) bond motifs is 8. The Labute approximate surface area is 255 Å². The first-order valence-corrected chi connectivity index (χ1v) is 19.7. The summed E-state index contributed by atoms with van der Waals surface area (Å²) in [5, 5.41) is 2.67. The molecule has 0 atom stereocenters. The molecule has 7 aromatic heterocycles. The van der Waals surface area contributed by atoms with Gasteiger partial charge in [-0.3, -0.25) is 18.4 Å². The molecule has 0 saturated carbocycles. The van der Waals surface area contributed by atoms with E-state index in [0.717, 1.165) is 19.8 Å². The number of aromatic nitrogens is 4. The molecular formula is C28H22N4O6S5. The van der Waals surface area contributed by atoms with Crippen LogP contribution in [0.5, 0.6) is 0 Å². The van der Waals surface area contributed by atoms with Gasteiger partial charge in [-0.15, -0.1) is 34.0 Å². The van der Waals surface area contributed by atoms with Crippen molar-refractivity contribution in [2.75, 3.05) is 23.0 Å². The van der Waals surface area contributed by atoms with Crippen LogP contribution in [0, 0.1) is 0 Å². The highest BCUT2D eigenvalue weighted by atomic mass is 32.2. The van der Waals surface area contributed by atoms with Crippen molar-refractivity contribution in [2.45, 2.75) is 26.7 Å². The molecule has 0 radical (unpaired) electrons. The van der Waals surface area contributed by atoms with Gasteiger partial charge >= 0.3 is 0 Å². The predicted octanol–water partition coefficient (Wildman–Crippen LogP) is 4.48. The molecule has 43 heavy (non-hydrogen) atoms. The van der Waals surface area contributed by atoms with Crippen molar-refractivity contribution in [1.29, 1.82) is 0 Å². The Morgan fingerprint density at radius 1 is 0.674 bits per heavy atom. The van der Waals surface area contributed by atoms with Crippen LogP contribution in [0.3, 0.4) is 0 Å². The highest BCUT2D eigenvalue weighted by molar-refractivity contribution is 7.91. The molecule has 15 heteroatoms. The van der Waals surface area contributed by atoms with Crippen LogP contribution in [0.2, 0.25) is 0 Å². The van der Waals surface area contributed by atoms with Gasteiger partial charge in [0.25, 0.3) is 11.1 Å². The maximum Gasteiger partial charge on any atom is 0.274 e. The molecule has 0 fully saturated rings. The Morgan fingerprint density at radius 3 is 1.77 bits per heavy atom. The van der Waals surface area contributed by atoms with Crippen molar-refractivity contribution in [3.05, 3.63) is 54.7 Å². The van der Waals surface area contributed by atoms with Gasteiger partial charge in [-0.2, -0.15) is 0 Å². The number of nitrogens with zero attached hydrogens (tertiary/aromatic N) is 4. The van der Waals surface area contributed by atoms with Gasteiger partial charge in [0.1, 0.15) is 39.7 Å². The maximum atomic E-state index is 14.0. The second-order valence-electron chi connectivity index (χ2n) is 10.6. The molecule has 0 aliphatic rings. The van der Waals surface area contributed by atoms with Gasteiger partial charge in [-0.05, 0) is 37.1 Å². The van der Waals surface area contributed by atoms with Crippen LogP contribution in [-0.4, -0.2) is 58.6 Å². The molecular weight excluding hydrogens is 649 g/mol. The third-order valence-electron chi connectivity index (χ3n) is 8.15. The van der Waals surface area contributed by atoms with E-state index < -0.39 is 19.7 Å². The number of benzene rings is 1. The Kier molecular flexibility index (Phi) is 5.81. The first-order valence-electron chi connectivity index (χ1n) is 13.6. The molecule has 0 bridgehead atoms. The van der Waals surface area contributed by atoms with Gasteiger partial charge < -0.3 is 0 Å². The largest absolute Gasteiger partial charge is 0.274 e. The summed E-state index contributed by atoms with van der Waals surface area (Å²) in [5.74, 6) is 0.262. The Morgan fingerprint density at radius 2 is 1.19 bits per heavy atom. The molecule has 0 aliphatic carbocycles. The number of aryl methyl sites for hydroxylation is 2. The molecule has 7 heterocycles. The van der Waals surface area contributed by atoms with E-state index in [4.69, 9.17) is 9.97 Å². The molecule has 0 aliphatic heterocycles. The normalized spacial score (nSPS) is 13.5. The second kappa shape index (κ2) is 9.14. The lowest BCUT2D eigenvalue weighted by atomic mass is 10.0. The Bertz CT molecular complexity index is 2780. The lowest BCUT2D eigenvalue weighted by Crippen LogP contribution is -2.13. The van der Waals surface area contributed by atoms with E-state index >= 15 is 0 Å². The zero-order chi connectivity index (χ0) is 30.0. The smallest absolute Gasteiger partial charge is 0.268 e. The topological polar surface area (TPSA) is 137 Å². The molecule has 220 valence electrons. The minimum absolute atomic E-state index is 0.0433. The average molecular weight is 671 g/mol. The van der Waals surface area contributed by atoms with Crippen molar-refractivity contribution in [3.8, 4) is 0 Å². The number of rotatable bonds is 8. The first-order chi connectivity index (χ1) is 20.5. The van der Waals surface area contributed by atoms with E-state index in [2.05, 4.69) is 0 Å². The Hall–Kier alpha value is -3.24. The molecule has 0 spiro atoms. The van der Waals surface area contributed by atoms with Crippen molar-refractivity contribution >= 4 is 117 Å². The first kappa shape index (κ1) is 27.3. The van der Waals surface area contributed by atoms with Crippen LogP contribution in [0.4, 0.5) is 0 Å². The highest BCUT2D eigenvalue weighted by Crippen LogP contribution is 2.43. The van der Waals surface area contributed by atoms with Crippen LogP contribution >= 0.6 is 34.0 Å². The zero-order valence-electron chi connectivity index (χ0n) is 22.8. The van der Waals surface area contributed by atoms with E-state index in [9.17, 15) is 26.4 Å². The molecule has 10 nitrogen and oxygen atoms in total. The van der Waals surface area contributed by atoms with Crippen LogP contribution in [0.25, 0.3) is 62.9 Å². The summed E-state index contributed by atoms with van der Waals surface area (Å²) in [6.07, 6.45) is 0.729. The number of sulfone groups is 2. The fraction of sp³-hybridized carbons (Fsp3) is 0.286. The van der Waals surface area contributed by atoms with E-state index in [1.54, 1.807) is 28.7 Å². The van der Waals surface area contributed by atoms with Gasteiger partial charge in [0.15, 0.2) is 5.65 Å². The number of hydrogen-bond donors (Lipinski definition) is 0. The fourth-order valence-corrected chi connectivity index (χ4v) is 11.0. The summed E-state index contributed by atoms with van der Waals surface area (Å²) in [4.78, 5) is 40.5. The van der Waals surface area contributed by atoms with Gasteiger partial charge in [-0.1, -0.05) is 13.8 Å². The lowest BCUT2D eigenvalue weighted by molar-refractivity contribution is 0.595. The third kappa shape index (κ3) is 3.91. The molecule has 8 rings (SSSR count). The summed E-state index contributed by atoms with van der Waals surface area (Å²) >= 11 is 4.08. The molecule has 0 amide bonds. The SMILES string of the molecule is CCS(=O)(=O)CCc1cc2c(nc3c4ccc5c(=O)n6c7cc(CCS(=O)(=O)CC)sc7nc6c6sc(c(=O)n23)c4c56)s1. The van der Waals surface area contributed by atoms with Crippen LogP contribution in [0.1, 0.15) is 23.6 Å². The summed E-state index contributed by atoms with van der Waals surface area (Å²) in [6, 6.07) is 7.32. The highest BCUT2D eigenvalue weighted by Gasteiger charge is 2.26. The van der Waals surface area contributed by atoms with Crippen LogP contribution < -0.4 is 11.1 Å². The molecule has 0 N–H and O–H groups in total. The van der Waals surface area contributed by atoms with E-state index in [-0.39, 0.29) is 34.1 Å². The van der Waals surface area contributed by atoms with Crippen molar-refractivity contribution in [2.24, 2.45) is 0 Å². The average Bonchev–Trinajstić information content (AvgIpc) is 3.77. The van der Waals surface area contributed by atoms with Crippen molar-refractivity contribution in [1.82, 2.24) is 18.8 Å². The molecule has 8 aromatic rings. The van der Waals surface area contributed by atoms with Crippen molar-refractivity contribution in [3.63, 3.8) is 0 Å². The Balaban J connectivity index is 1.34. The molecule has 1 aromatic carbocycles. The second-order valence-corrected chi connectivity index (χ2v) is 18.8. The number of hydrogen-bond acceptors (Lipinski definition) is 11. The minimum Gasteiger partial charge on any atom is -0.268 e. The van der Waals surface area contributed by atoms with Gasteiger partial charge in [0.2, 0.25) is 0 Å². The quantitative estimate of drug-likeness (QED) is 0.216. The fourth-order valence-electron chi connectivity index (χ4n) is 5.81. The standard InChI is InChI=1S/C28H22N4O6S5/c1-3-42(35,36)9-7-13-11-17-25(39-13)29-23-15-5-6-16-20-19(15)22(28(34)31(17)23)41-21(20)24-30-26-18(32(24)27(16)33)12-14(40-26)8-10-43(37,38)4-2/h5-6,11-12H,3-4,7-10H2,1-2H3. The van der Waals surface area contributed by atoms with Gasteiger partial charge in [0.05, 0.1) is 27.2 Å². The van der Waals surface area contributed by atoms with Crippen LogP contribution in [0.15, 0.2) is 33.9 Å². The summed E-state index contributed by atoms with van der Waals surface area (Å²) in [6.45, 7) is 3.26. The van der Waals surface area contributed by atoms with Crippen molar-refractivity contribution < 1.29 is 16.8 Å². The number of imidazole rings is 2.